The van der Waals surface area contributed by atoms with Gasteiger partial charge in [-0.15, -0.1) is 11.8 Å². The number of fused-ring (bicyclic) bond motifs is 1. The fourth-order valence-corrected chi connectivity index (χ4v) is 3.16. The molecular weight excluding hydrogens is 294 g/mol. The van der Waals surface area contributed by atoms with Crippen molar-refractivity contribution in [2.75, 3.05) is 5.75 Å². The molecule has 1 unspecified atom stereocenters. The summed E-state index contributed by atoms with van der Waals surface area (Å²) < 4.78 is 32.1. The van der Waals surface area contributed by atoms with Crippen LogP contribution in [0.15, 0.2) is 47.4 Å². The average molecular weight is 306 g/mol. The molecule has 2 aromatic rings. The van der Waals surface area contributed by atoms with Crippen LogP contribution in [0.5, 0.6) is 5.75 Å². The number of carbonyl (C=O) groups is 1. The predicted octanol–water partition coefficient (Wildman–Crippen LogP) is 3.63. The lowest BCUT2D eigenvalue weighted by atomic mass is 10.1. The van der Waals surface area contributed by atoms with Crippen molar-refractivity contribution in [2.45, 2.75) is 17.4 Å². The van der Waals surface area contributed by atoms with Crippen LogP contribution in [0.2, 0.25) is 0 Å². The van der Waals surface area contributed by atoms with Crippen LogP contribution in [0.25, 0.3) is 0 Å². The van der Waals surface area contributed by atoms with E-state index in [4.69, 9.17) is 4.74 Å². The van der Waals surface area contributed by atoms with E-state index in [2.05, 4.69) is 0 Å². The number of hydrogen-bond acceptors (Lipinski definition) is 3. The fraction of sp³-hybridized carbons (Fsp3) is 0.188. The van der Waals surface area contributed by atoms with Gasteiger partial charge in [-0.3, -0.25) is 4.79 Å². The minimum Gasteiger partial charge on any atom is -0.481 e. The number of halogens is 2. The molecule has 2 aromatic carbocycles. The minimum atomic E-state index is -0.702. The number of ether oxygens (including phenoxy) is 1. The van der Waals surface area contributed by atoms with Gasteiger partial charge >= 0.3 is 0 Å². The van der Waals surface area contributed by atoms with Gasteiger partial charge in [0.25, 0.3) is 0 Å². The molecule has 0 saturated carbocycles. The average Bonchev–Trinajstić information content (AvgIpc) is 2.49. The van der Waals surface area contributed by atoms with Crippen LogP contribution in [-0.4, -0.2) is 17.6 Å². The summed E-state index contributed by atoms with van der Waals surface area (Å²) in [6.07, 6.45) is -0.700. The third kappa shape index (κ3) is 3.08. The molecule has 108 valence electrons. The number of Topliss-reactive ketones (excluding diaryl/α,β-unsaturated/α-hetero) is 1. The molecule has 5 heteroatoms. The van der Waals surface area contributed by atoms with Crippen molar-refractivity contribution in [1.82, 2.24) is 0 Å². The molecule has 1 aliphatic heterocycles. The van der Waals surface area contributed by atoms with Crippen molar-refractivity contribution in [1.29, 1.82) is 0 Å². The van der Waals surface area contributed by atoms with E-state index in [0.717, 1.165) is 17.0 Å². The first-order valence-corrected chi connectivity index (χ1v) is 7.47. The van der Waals surface area contributed by atoms with Crippen LogP contribution < -0.4 is 4.74 Å². The largest absolute Gasteiger partial charge is 0.481 e. The van der Waals surface area contributed by atoms with Crippen molar-refractivity contribution >= 4 is 17.5 Å². The van der Waals surface area contributed by atoms with Gasteiger partial charge in [0.05, 0.1) is 0 Å². The van der Waals surface area contributed by atoms with Crippen LogP contribution in [0, 0.1) is 11.6 Å². The van der Waals surface area contributed by atoms with Crippen molar-refractivity contribution in [3.63, 3.8) is 0 Å². The zero-order chi connectivity index (χ0) is 14.8. The molecule has 0 N–H and O–H groups in total. The lowest BCUT2D eigenvalue weighted by Gasteiger charge is -2.24. The summed E-state index contributed by atoms with van der Waals surface area (Å²) in [6.45, 7) is 0. The number of rotatable bonds is 3. The van der Waals surface area contributed by atoms with E-state index in [1.54, 1.807) is 17.8 Å². The van der Waals surface area contributed by atoms with Gasteiger partial charge in [-0.05, 0) is 23.8 Å². The Morgan fingerprint density at radius 3 is 2.86 bits per heavy atom. The minimum absolute atomic E-state index is 0.0977. The van der Waals surface area contributed by atoms with Crippen LogP contribution in [0.1, 0.15) is 5.56 Å². The highest BCUT2D eigenvalue weighted by Gasteiger charge is 2.26. The van der Waals surface area contributed by atoms with Gasteiger partial charge in [-0.2, -0.15) is 0 Å². The lowest BCUT2D eigenvalue weighted by molar-refractivity contribution is -0.124. The van der Waals surface area contributed by atoms with E-state index in [-0.39, 0.29) is 17.8 Å². The monoisotopic (exact) mass is 306 g/mol. The molecular formula is C16H12F2O2S. The molecule has 1 atom stereocenters. The van der Waals surface area contributed by atoms with Gasteiger partial charge < -0.3 is 4.74 Å². The molecule has 0 radical (unpaired) electrons. The van der Waals surface area contributed by atoms with Crippen LogP contribution in [0.4, 0.5) is 8.78 Å². The van der Waals surface area contributed by atoms with E-state index in [0.29, 0.717) is 11.5 Å². The van der Waals surface area contributed by atoms with E-state index in [1.165, 1.54) is 6.07 Å². The predicted molar refractivity (Wildman–Crippen MR) is 76.7 cm³/mol. The van der Waals surface area contributed by atoms with Gasteiger partial charge in [0, 0.05) is 23.1 Å². The van der Waals surface area contributed by atoms with Crippen molar-refractivity contribution in [3.05, 3.63) is 59.7 Å². The van der Waals surface area contributed by atoms with Gasteiger partial charge in [0.15, 0.2) is 11.9 Å². The second-order valence-corrected chi connectivity index (χ2v) is 5.80. The number of carbonyl (C=O) groups excluding carboxylic acids is 1. The first-order valence-electron chi connectivity index (χ1n) is 6.48. The highest BCUT2D eigenvalue weighted by Crippen LogP contribution is 2.35. The number of ketones is 1. The molecule has 0 bridgehead atoms. The SMILES string of the molecule is O=C(Cc1ccc(F)cc1F)C1CSc2ccccc2O1. The summed E-state index contributed by atoms with van der Waals surface area (Å²) in [5, 5.41) is 0. The highest BCUT2D eigenvalue weighted by molar-refractivity contribution is 7.99. The lowest BCUT2D eigenvalue weighted by Crippen LogP contribution is -2.33. The Balaban J connectivity index is 1.72. The Morgan fingerprint density at radius 1 is 1.24 bits per heavy atom. The van der Waals surface area contributed by atoms with Gasteiger partial charge in [-0.1, -0.05) is 18.2 Å². The molecule has 0 aromatic heterocycles. The van der Waals surface area contributed by atoms with Crippen LogP contribution in [0.3, 0.4) is 0 Å². The Labute approximate surface area is 125 Å². The first kappa shape index (κ1) is 14.1. The van der Waals surface area contributed by atoms with Gasteiger partial charge in [0.1, 0.15) is 17.4 Å². The molecule has 2 nitrogen and oxygen atoms in total. The molecule has 0 spiro atoms. The maximum absolute atomic E-state index is 13.6. The second kappa shape index (κ2) is 5.85. The molecule has 0 saturated heterocycles. The second-order valence-electron chi connectivity index (χ2n) is 4.74. The number of para-hydroxylation sites is 1. The molecule has 1 heterocycles. The van der Waals surface area contributed by atoms with E-state index in [1.807, 2.05) is 18.2 Å². The van der Waals surface area contributed by atoms with Gasteiger partial charge in [-0.25, -0.2) is 8.78 Å². The summed E-state index contributed by atoms with van der Waals surface area (Å²) >= 11 is 1.54. The van der Waals surface area contributed by atoms with Crippen molar-refractivity contribution in [3.8, 4) is 5.75 Å². The number of thioether (sulfide) groups is 1. The quantitative estimate of drug-likeness (QED) is 0.866. The summed E-state index contributed by atoms with van der Waals surface area (Å²) in [7, 11) is 0. The van der Waals surface area contributed by atoms with Gasteiger partial charge in [0.2, 0.25) is 0 Å². The van der Waals surface area contributed by atoms with Crippen LogP contribution >= 0.6 is 11.8 Å². The number of hydrogen-bond donors (Lipinski definition) is 0. The fourth-order valence-electron chi connectivity index (χ4n) is 2.14. The maximum Gasteiger partial charge on any atom is 0.178 e. The van der Waals surface area contributed by atoms with E-state index < -0.39 is 17.7 Å². The Hall–Kier alpha value is -1.88. The maximum atomic E-state index is 13.6. The molecule has 0 amide bonds. The standard InChI is InChI=1S/C16H12F2O2S/c17-11-6-5-10(12(18)8-11)7-13(19)15-9-21-16-4-2-1-3-14(16)20-15/h1-6,8,15H,7,9H2. The first-order chi connectivity index (χ1) is 10.1. The van der Waals surface area contributed by atoms with E-state index >= 15 is 0 Å². The molecule has 0 fully saturated rings. The summed E-state index contributed by atoms with van der Waals surface area (Å²) in [6, 6.07) is 10.7. The summed E-state index contributed by atoms with van der Waals surface area (Å²) in [4.78, 5) is 13.2. The number of benzene rings is 2. The Kier molecular flexibility index (Phi) is 3.92. The topological polar surface area (TPSA) is 26.3 Å². The third-order valence-electron chi connectivity index (χ3n) is 3.25. The summed E-state index contributed by atoms with van der Waals surface area (Å²) in [5.41, 5.74) is 0.189. The Bertz CT molecular complexity index is 688. The summed E-state index contributed by atoms with van der Waals surface area (Å²) in [5.74, 6) is -0.387. The van der Waals surface area contributed by atoms with Crippen molar-refractivity contribution in [2.24, 2.45) is 0 Å². The molecule has 0 aliphatic carbocycles. The highest BCUT2D eigenvalue weighted by atomic mass is 32.2. The van der Waals surface area contributed by atoms with Crippen molar-refractivity contribution < 1.29 is 18.3 Å². The molecule has 1 aliphatic rings. The zero-order valence-electron chi connectivity index (χ0n) is 11.0. The van der Waals surface area contributed by atoms with Crippen LogP contribution in [-0.2, 0) is 11.2 Å². The molecule has 21 heavy (non-hydrogen) atoms. The Morgan fingerprint density at radius 2 is 2.05 bits per heavy atom. The van der Waals surface area contributed by atoms with E-state index in [9.17, 15) is 13.6 Å². The third-order valence-corrected chi connectivity index (χ3v) is 4.37. The smallest absolute Gasteiger partial charge is 0.178 e. The zero-order valence-corrected chi connectivity index (χ0v) is 11.8. The normalized spacial score (nSPS) is 17.0. The molecule has 3 rings (SSSR count).